The van der Waals surface area contributed by atoms with Crippen molar-refractivity contribution in [2.45, 2.75) is 38.6 Å². The fourth-order valence-corrected chi connectivity index (χ4v) is 2.81. The van der Waals surface area contributed by atoms with E-state index in [1.165, 1.54) is 11.1 Å². The Morgan fingerprint density at radius 1 is 1.50 bits per heavy atom. The van der Waals surface area contributed by atoms with Crippen molar-refractivity contribution in [3.05, 3.63) is 27.7 Å². The summed E-state index contributed by atoms with van der Waals surface area (Å²) in [5, 5.41) is 0. The Morgan fingerprint density at radius 2 is 2.31 bits per heavy atom. The molecule has 1 unspecified atom stereocenters. The van der Waals surface area contributed by atoms with E-state index in [0.717, 1.165) is 42.5 Å². The molecule has 1 aromatic rings. The monoisotopic (exact) mass is 283 g/mol. The van der Waals surface area contributed by atoms with Crippen molar-refractivity contribution in [1.29, 1.82) is 0 Å². The lowest BCUT2D eigenvalue weighted by Crippen LogP contribution is -2.22. The molecule has 2 rings (SSSR count). The molecule has 3 heteroatoms. The third-order valence-corrected chi connectivity index (χ3v) is 3.42. The normalized spacial score (nSPS) is 15.7. The first-order chi connectivity index (χ1) is 7.70. The standard InChI is InChI=1S/C13H18BrNO/c1-2-3-12(15)8-10-7-11(14)6-9-4-5-16-13(9)10/h6-7,12H,2-5,8,15H2,1H3. The molecule has 0 aromatic heterocycles. The van der Waals surface area contributed by atoms with Crippen molar-refractivity contribution in [2.75, 3.05) is 6.61 Å². The Labute approximate surface area is 105 Å². The average Bonchev–Trinajstić information content (AvgIpc) is 2.65. The molecule has 16 heavy (non-hydrogen) atoms. The molecule has 1 atom stereocenters. The van der Waals surface area contributed by atoms with Crippen LogP contribution in [-0.4, -0.2) is 12.6 Å². The smallest absolute Gasteiger partial charge is 0.125 e. The summed E-state index contributed by atoms with van der Waals surface area (Å²) in [5.41, 5.74) is 8.66. The van der Waals surface area contributed by atoms with E-state index in [0.29, 0.717) is 0 Å². The number of nitrogens with two attached hydrogens (primary N) is 1. The average molecular weight is 284 g/mol. The Bertz CT molecular complexity index is 378. The summed E-state index contributed by atoms with van der Waals surface area (Å²) < 4.78 is 6.82. The second kappa shape index (κ2) is 5.19. The summed E-state index contributed by atoms with van der Waals surface area (Å²) in [7, 11) is 0. The Kier molecular flexibility index (Phi) is 3.87. The minimum Gasteiger partial charge on any atom is -0.493 e. The molecule has 0 aliphatic carbocycles. The van der Waals surface area contributed by atoms with Crippen LogP contribution < -0.4 is 10.5 Å². The summed E-state index contributed by atoms with van der Waals surface area (Å²) >= 11 is 3.55. The highest BCUT2D eigenvalue weighted by Gasteiger charge is 2.18. The van der Waals surface area contributed by atoms with Gasteiger partial charge in [-0.2, -0.15) is 0 Å². The van der Waals surface area contributed by atoms with Gasteiger partial charge in [-0.1, -0.05) is 29.3 Å². The van der Waals surface area contributed by atoms with Crippen LogP contribution in [0.25, 0.3) is 0 Å². The number of hydrogen-bond donors (Lipinski definition) is 1. The van der Waals surface area contributed by atoms with Crippen LogP contribution in [0.2, 0.25) is 0 Å². The van der Waals surface area contributed by atoms with Gasteiger partial charge in [-0.15, -0.1) is 0 Å². The van der Waals surface area contributed by atoms with E-state index in [2.05, 4.69) is 35.0 Å². The van der Waals surface area contributed by atoms with Crippen LogP contribution in [0.5, 0.6) is 5.75 Å². The second-order valence-electron chi connectivity index (χ2n) is 4.40. The summed E-state index contributed by atoms with van der Waals surface area (Å²) in [6.45, 7) is 2.98. The van der Waals surface area contributed by atoms with Gasteiger partial charge in [0.05, 0.1) is 6.61 Å². The molecule has 0 bridgehead atoms. The molecular formula is C13H18BrNO. The van der Waals surface area contributed by atoms with Gasteiger partial charge in [0, 0.05) is 16.9 Å². The van der Waals surface area contributed by atoms with Crippen LogP contribution in [-0.2, 0) is 12.8 Å². The number of fused-ring (bicyclic) bond motifs is 1. The second-order valence-corrected chi connectivity index (χ2v) is 5.32. The molecule has 1 aliphatic rings. The lowest BCUT2D eigenvalue weighted by atomic mass is 10.00. The van der Waals surface area contributed by atoms with Gasteiger partial charge in [-0.25, -0.2) is 0 Å². The number of benzene rings is 1. The quantitative estimate of drug-likeness (QED) is 0.922. The molecule has 0 saturated carbocycles. The van der Waals surface area contributed by atoms with E-state index < -0.39 is 0 Å². The predicted octanol–water partition coefficient (Wildman–Crippen LogP) is 3.05. The molecule has 1 aliphatic heterocycles. The maximum atomic E-state index is 6.09. The fourth-order valence-electron chi connectivity index (χ4n) is 2.25. The van der Waals surface area contributed by atoms with Crippen LogP contribution in [0.1, 0.15) is 30.9 Å². The summed E-state index contributed by atoms with van der Waals surface area (Å²) in [5.74, 6) is 1.08. The lowest BCUT2D eigenvalue weighted by Gasteiger charge is -2.13. The van der Waals surface area contributed by atoms with Gasteiger partial charge in [-0.05, 0) is 36.1 Å². The van der Waals surface area contributed by atoms with Crippen molar-refractivity contribution in [3.8, 4) is 5.75 Å². The van der Waals surface area contributed by atoms with Gasteiger partial charge in [0.1, 0.15) is 5.75 Å². The van der Waals surface area contributed by atoms with Crippen LogP contribution in [0.3, 0.4) is 0 Å². The molecular weight excluding hydrogens is 266 g/mol. The molecule has 1 aromatic carbocycles. The SMILES string of the molecule is CCCC(N)Cc1cc(Br)cc2c1OCC2. The number of halogens is 1. The Morgan fingerprint density at radius 3 is 3.06 bits per heavy atom. The summed E-state index contributed by atoms with van der Waals surface area (Å²) in [6.07, 6.45) is 4.14. The molecule has 2 N–H and O–H groups in total. The molecule has 0 radical (unpaired) electrons. The van der Waals surface area contributed by atoms with Gasteiger partial charge < -0.3 is 10.5 Å². The van der Waals surface area contributed by atoms with E-state index in [1.54, 1.807) is 0 Å². The first-order valence-electron chi connectivity index (χ1n) is 5.90. The van der Waals surface area contributed by atoms with Crippen LogP contribution in [0, 0.1) is 0 Å². The fraction of sp³-hybridized carbons (Fsp3) is 0.538. The molecule has 88 valence electrons. The zero-order chi connectivity index (χ0) is 11.5. The Hall–Kier alpha value is -0.540. The molecule has 0 saturated heterocycles. The van der Waals surface area contributed by atoms with Crippen molar-refractivity contribution in [3.63, 3.8) is 0 Å². The van der Waals surface area contributed by atoms with Crippen molar-refractivity contribution < 1.29 is 4.74 Å². The van der Waals surface area contributed by atoms with Gasteiger partial charge in [0.2, 0.25) is 0 Å². The van der Waals surface area contributed by atoms with Crippen LogP contribution in [0.15, 0.2) is 16.6 Å². The zero-order valence-electron chi connectivity index (χ0n) is 9.63. The maximum absolute atomic E-state index is 6.09. The molecule has 0 fully saturated rings. The van der Waals surface area contributed by atoms with E-state index >= 15 is 0 Å². The van der Waals surface area contributed by atoms with E-state index in [9.17, 15) is 0 Å². The third-order valence-electron chi connectivity index (χ3n) is 2.97. The van der Waals surface area contributed by atoms with E-state index in [-0.39, 0.29) is 6.04 Å². The van der Waals surface area contributed by atoms with Crippen LogP contribution in [0.4, 0.5) is 0 Å². The minimum atomic E-state index is 0.243. The highest BCUT2D eigenvalue weighted by Crippen LogP contribution is 2.33. The molecule has 0 spiro atoms. The number of rotatable bonds is 4. The van der Waals surface area contributed by atoms with E-state index in [4.69, 9.17) is 10.5 Å². The first kappa shape index (κ1) is 11.9. The van der Waals surface area contributed by atoms with Crippen LogP contribution >= 0.6 is 15.9 Å². The summed E-state index contributed by atoms with van der Waals surface area (Å²) in [6, 6.07) is 4.53. The maximum Gasteiger partial charge on any atom is 0.125 e. The number of hydrogen-bond acceptors (Lipinski definition) is 2. The topological polar surface area (TPSA) is 35.2 Å². The zero-order valence-corrected chi connectivity index (χ0v) is 11.2. The van der Waals surface area contributed by atoms with Gasteiger partial charge in [0.25, 0.3) is 0 Å². The first-order valence-corrected chi connectivity index (χ1v) is 6.69. The molecule has 0 amide bonds. The minimum absolute atomic E-state index is 0.243. The Balaban J connectivity index is 2.20. The third kappa shape index (κ3) is 2.58. The van der Waals surface area contributed by atoms with Gasteiger partial charge in [-0.3, -0.25) is 0 Å². The van der Waals surface area contributed by atoms with Crippen molar-refractivity contribution in [1.82, 2.24) is 0 Å². The molecule has 1 heterocycles. The number of ether oxygens (including phenoxy) is 1. The largest absolute Gasteiger partial charge is 0.493 e. The van der Waals surface area contributed by atoms with Crippen molar-refractivity contribution in [2.24, 2.45) is 5.73 Å². The van der Waals surface area contributed by atoms with Gasteiger partial charge >= 0.3 is 0 Å². The highest BCUT2D eigenvalue weighted by molar-refractivity contribution is 9.10. The van der Waals surface area contributed by atoms with E-state index in [1.807, 2.05) is 0 Å². The van der Waals surface area contributed by atoms with Crippen molar-refractivity contribution >= 4 is 15.9 Å². The van der Waals surface area contributed by atoms with Gasteiger partial charge in [0.15, 0.2) is 0 Å². The lowest BCUT2D eigenvalue weighted by molar-refractivity contribution is 0.352. The predicted molar refractivity (Wildman–Crippen MR) is 69.9 cm³/mol. The summed E-state index contributed by atoms with van der Waals surface area (Å²) in [4.78, 5) is 0. The molecule has 2 nitrogen and oxygen atoms in total. The highest BCUT2D eigenvalue weighted by atomic mass is 79.9.